The van der Waals surface area contributed by atoms with Crippen LogP contribution in [0.25, 0.3) is 11.4 Å². The Bertz CT molecular complexity index is 604. The first-order chi connectivity index (χ1) is 10.1. The third-order valence-electron chi connectivity index (χ3n) is 3.03. The first-order valence-electron chi connectivity index (χ1n) is 6.77. The van der Waals surface area contributed by atoms with Crippen LogP contribution in [0.3, 0.4) is 0 Å². The maximum atomic E-state index is 5.89. The van der Waals surface area contributed by atoms with Crippen molar-refractivity contribution in [3.8, 4) is 11.4 Å². The molecule has 0 saturated carbocycles. The van der Waals surface area contributed by atoms with Gasteiger partial charge in [0.05, 0.1) is 0 Å². The smallest absolute Gasteiger partial charge is 0.248 e. The summed E-state index contributed by atoms with van der Waals surface area (Å²) in [6, 6.07) is 7.24. The molecule has 0 saturated heterocycles. The van der Waals surface area contributed by atoms with Gasteiger partial charge < -0.3 is 15.2 Å². The van der Waals surface area contributed by atoms with Gasteiger partial charge in [-0.25, -0.2) is 4.99 Å². The third kappa shape index (κ3) is 3.95. The van der Waals surface area contributed by atoms with E-state index in [1.165, 1.54) is 0 Å². The van der Waals surface area contributed by atoms with Gasteiger partial charge in [0.2, 0.25) is 11.7 Å². The number of benzene rings is 1. The van der Waals surface area contributed by atoms with Crippen LogP contribution in [-0.2, 0) is 6.54 Å². The van der Waals surface area contributed by atoms with Crippen LogP contribution in [0.4, 0.5) is 0 Å². The van der Waals surface area contributed by atoms with E-state index in [1.54, 1.807) is 12.1 Å². The number of nitrogens with two attached hydrogens (primary N) is 1. The van der Waals surface area contributed by atoms with Gasteiger partial charge in [-0.1, -0.05) is 16.8 Å². The number of aliphatic imine (C=N–C) groups is 1. The lowest BCUT2D eigenvalue weighted by Crippen LogP contribution is -2.37. The number of aromatic nitrogens is 2. The van der Waals surface area contributed by atoms with E-state index in [0.29, 0.717) is 22.7 Å². The Labute approximate surface area is 128 Å². The molecule has 2 rings (SSSR count). The Hall–Kier alpha value is -2.08. The molecule has 0 aliphatic rings. The number of rotatable bonds is 5. The van der Waals surface area contributed by atoms with Gasteiger partial charge in [0.1, 0.15) is 6.54 Å². The lowest BCUT2D eigenvalue weighted by molar-refractivity contribution is 0.379. The molecule has 6 nitrogen and oxygen atoms in total. The van der Waals surface area contributed by atoms with Gasteiger partial charge in [-0.15, -0.1) is 0 Å². The van der Waals surface area contributed by atoms with Crippen molar-refractivity contribution >= 4 is 17.6 Å². The van der Waals surface area contributed by atoms with Crippen LogP contribution >= 0.6 is 11.6 Å². The van der Waals surface area contributed by atoms with E-state index < -0.39 is 0 Å². The Kier molecular flexibility index (Phi) is 5.16. The van der Waals surface area contributed by atoms with Crippen molar-refractivity contribution in [2.75, 3.05) is 13.1 Å². The van der Waals surface area contributed by atoms with E-state index >= 15 is 0 Å². The van der Waals surface area contributed by atoms with E-state index in [1.807, 2.05) is 30.9 Å². The van der Waals surface area contributed by atoms with Crippen LogP contribution in [0.5, 0.6) is 0 Å². The molecule has 0 spiro atoms. The summed E-state index contributed by atoms with van der Waals surface area (Å²) in [7, 11) is 0. The molecule has 2 aromatic rings. The SMILES string of the molecule is CCN(CC)C(N)=NCc1nc(-c2ccc(Cl)cc2)no1. The van der Waals surface area contributed by atoms with Gasteiger partial charge >= 0.3 is 0 Å². The predicted molar refractivity (Wildman–Crippen MR) is 83.0 cm³/mol. The van der Waals surface area contributed by atoms with Crippen molar-refractivity contribution in [2.24, 2.45) is 10.7 Å². The summed E-state index contributed by atoms with van der Waals surface area (Å²) in [6.45, 7) is 5.94. The average molecular weight is 308 g/mol. The van der Waals surface area contributed by atoms with Crippen molar-refractivity contribution in [3.63, 3.8) is 0 Å². The number of hydrogen-bond donors (Lipinski definition) is 1. The van der Waals surface area contributed by atoms with Gasteiger partial charge in [0, 0.05) is 23.7 Å². The molecule has 0 aliphatic carbocycles. The first-order valence-corrected chi connectivity index (χ1v) is 7.15. The second-order valence-electron chi connectivity index (χ2n) is 4.37. The molecular weight excluding hydrogens is 290 g/mol. The lowest BCUT2D eigenvalue weighted by atomic mass is 10.2. The molecule has 21 heavy (non-hydrogen) atoms. The highest BCUT2D eigenvalue weighted by molar-refractivity contribution is 6.30. The van der Waals surface area contributed by atoms with Crippen LogP contribution < -0.4 is 5.73 Å². The molecule has 0 aliphatic heterocycles. The van der Waals surface area contributed by atoms with Crippen molar-refractivity contribution < 1.29 is 4.52 Å². The summed E-state index contributed by atoms with van der Waals surface area (Å²) >= 11 is 5.85. The van der Waals surface area contributed by atoms with E-state index in [4.69, 9.17) is 21.9 Å². The normalized spacial score (nSPS) is 11.7. The predicted octanol–water partition coefficient (Wildman–Crippen LogP) is 2.55. The second-order valence-corrected chi connectivity index (χ2v) is 4.80. The van der Waals surface area contributed by atoms with Crippen LogP contribution in [0.15, 0.2) is 33.8 Å². The monoisotopic (exact) mass is 307 g/mol. The van der Waals surface area contributed by atoms with Crippen molar-refractivity contribution in [3.05, 3.63) is 35.2 Å². The molecule has 1 aromatic carbocycles. The molecule has 2 N–H and O–H groups in total. The topological polar surface area (TPSA) is 80.5 Å². The zero-order chi connectivity index (χ0) is 15.2. The zero-order valence-electron chi connectivity index (χ0n) is 12.1. The van der Waals surface area contributed by atoms with Crippen molar-refractivity contribution in [2.45, 2.75) is 20.4 Å². The van der Waals surface area contributed by atoms with Gasteiger partial charge in [0.25, 0.3) is 0 Å². The number of nitrogens with zero attached hydrogens (tertiary/aromatic N) is 4. The molecule has 0 fully saturated rings. The lowest BCUT2D eigenvalue weighted by Gasteiger charge is -2.18. The molecule has 7 heteroatoms. The molecular formula is C14H18ClN5O. The molecule has 0 bridgehead atoms. The minimum Gasteiger partial charge on any atom is -0.370 e. The van der Waals surface area contributed by atoms with Crippen LogP contribution in [0.2, 0.25) is 5.02 Å². The summed E-state index contributed by atoms with van der Waals surface area (Å²) in [6.07, 6.45) is 0. The van der Waals surface area contributed by atoms with Crippen LogP contribution in [0.1, 0.15) is 19.7 Å². The minimum absolute atomic E-state index is 0.267. The molecule has 112 valence electrons. The summed E-state index contributed by atoms with van der Waals surface area (Å²) in [5, 5.41) is 4.59. The molecule has 0 amide bonds. The number of guanidine groups is 1. The van der Waals surface area contributed by atoms with Gasteiger partial charge in [-0.05, 0) is 38.1 Å². The molecule has 1 heterocycles. The maximum Gasteiger partial charge on any atom is 0.248 e. The summed E-state index contributed by atoms with van der Waals surface area (Å²) in [5.41, 5.74) is 6.74. The number of hydrogen-bond acceptors (Lipinski definition) is 4. The van der Waals surface area contributed by atoms with E-state index in [9.17, 15) is 0 Å². The summed E-state index contributed by atoms with van der Waals surface area (Å²) in [4.78, 5) is 10.5. The Morgan fingerprint density at radius 1 is 1.29 bits per heavy atom. The highest BCUT2D eigenvalue weighted by Crippen LogP contribution is 2.18. The van der Waals surface area contributed by atoms with E-state index in [-0.39, 0.29) is 6.54 Å². The fourth-order valence-corrected chi connectivity index (χ4v) is 1.96. The highest BCUT2D eigenvalue weighted by atomic mass is 35.5. The Balaban J connectivity index is 2.07. The van der Waals surface area contributed by atoms with E-state index in [0.717, 1.165) is 18.7 Å². The Morgan fingerprint density at radius 3 is 2.57 bits per heavy atom. The fourth-order valence-electron chi connectivity index (χ4n) is 1.83. The van der Waals surface area contributed by atoms with Crippen LogP contribution in [0, 0.1) is 0 Å². The summed E-state index contributed by atoms with van der Waals surface area (Å²) < 4.78 is 5.17. The minimum atomic E-state index is 0.267. The number of halogens is 1. The highest BCUT2D eigenvalue weighted by Gasteiger charge is 2.09. The van der Waals surface area contributed by atoms with Crippen LogP contribution in [-0.4, -0.2) is 34.1 Å². The van der Waals surface area contributed by atoms with Crippen molar-refractivity contribution in [1.29, 1.82) is 0 Å². The van der Waals surface area contributed by atoms with E-state index in [2.05, 4.69) is 15.1 Å². The molecule has 0 atom stereocenters. The molecule has 1 aromatic heterocycles. The standard InChI is InChI=1S/C14H18ClN5O/c1-3-20(4-2)14(16)17-9-12-18-13(19-21-12)10-5-7-11(15)8-6-10/h5-8H,3-4,9H2,1-2H3,(H2,16,17). The maximum absolute atomic E-state index is 5.89. The van der Waals surface area contributed by atoms with Crippen molar-refractivity contribution in [1.82, 2.24) is 15.0 Å². The largest absolute Gasteiger partial charge is 0.370 e. The van der Waals surface area contributed by atoms with Gasteiger partial charge in [-0.3, -0.25) is 0 Å². The van der Waals surface area contributed by atoms with Gasteiger partial charge in [0.15, 0.2) is 5.96 Å². The first kappa shape index (κ1) is 15.3. The Morgan fingerprint density at radius 2 is 1.95 bits per heavy atom. The quantitative estimate of drug-likeness (QED) is 0.678. The molecule has 0 radical (unpaired) electrons. The average Bonchev–Trinajstić information content (AvgIpc) is 2.96. The zero-order valence-corrected chi connectivity index (χ0v) is 12.8. The third-order valence-corrected chi connectivity index (χ3v) is 3.29. The molecule has 0 unspecified atom stereocenters. The van der Waals surface area contributed by atoms with Gasteiger partial charge in [-0.2, -0.15) is 4.98 Å². The fraction of sp³-hybridized carbons (Fsp3) is 0.357. The second kappa shape index (κ2) is 7.08. The summed E-state index contributed by atoms with van der Waals surface area (Å²) in [5.74, 6) is 1.42.